The van der Waals surface area contributed by atoms with Gasteiger partial charge in [0.05, 0.1) is 12.3 Å². The van der Waals surface area contributed by atoms with Crippen LogP contribution in [0.2, 0.25) is 0 Å². The second kappa shape index (κ2) is 8.19. The van der Waals surface area contributed by atoms with Crippen molar-refractivity contribution in [2.75, 3.05) is 31.5 Å². The van der Waals surface area contributed by atoms with E-state index < -0.39 is 0 Å². The summed E-state index contributed by atoms with van der Waals surface area (Å²) in [6, 6.07) is 11.1. The summed E-state index contributed by atoms with van der Waals surface area (Å²) in [5, 5.41) is 3.00. The summed E-state index contributed by atoms with van der Waals surface area (Å²) in [5.41, 5.74) is 2.12. The van der Waals surface area contributed by atoms with Gasteiger partial charge in [0, 0.05) is 31.9 Å². The molecule has 1 fully saturated rings. The minimum Gasteiger partial charge on any atom is -0.459 e. The molecule has 3 rings (SSSR count). The standard InChI is InChI=1S/C22H29N3O3/c1-16(20(26)23-18-9-7-17(8-10-18)22(2,3)4)24-11-13-25(14-12-24)21(27)19-6-5-15-28-19/h5-10,15-16H,11-14H2,1-4H3,(H,23,26). The molecule has 0 bridgehead atoms. The Bertz CT molecular complexity index is 799. The van der Waals surface area contributed by atoms with Gasteiger partial charge in [-0.1, -0.05) is 32.9 Å². The monoisotopic (exact) mass is 383 g/mol. The first-order valence-electron chi connectivity index (χ1n) is 9.74. The van der Waals surface area contributed by atoms with Crippen LogP contribution < -0.4 is 5.32 Å². The highest BCUT2D eigenvalue weighted by atomic mass is 16.3. The van der Waals surface area contributed by atoms with Crippen molar-refractivity contribution in [2.24, 2.45) is 0 Å². The maximum atomic E-state index is 12.6. The highest BCUT2D eigenvalue weighted by Crippen LogP contribution is 2.23. The van der Waals surface area contributed by atoms with E-state index in [4.69, 9.17) is 4.42 Å². The van der Waals surface area contributed by atoms with Crippen molar-refractivity contribution in [3.63, 3.8) is 0 Å². The number of carbonyl (C=O) groups excluding carboxylic acids is 2. The SMILES string of the molecule is CC(C(=O)Nc1ccc(C(C)(C)C)cc1)N1CCN(C(=O)c2ccco2)CC1. The Labute approximate surface area is 166 Å². The lowest BCUT2D eigenvalue weighted by Gasteiger charge is -2.37. The molecule has 1 aliphatic heterocycles. The van der Waals surface area contributed by atoms with Crippen molar-refractivity contribution in [3.05, 3.63) is 54.0 Å². The summed E-state index contributed by atoms with van der Waals surface area (Å²) in [7, 11) is 0. The van der Waals surface area contributed by atoms with Crippen LogP contribution in [-0.2, 0) is 10.2 Å². The number of hydrogen-bond donors (Lipinski definition) is 1. The van der Waals surface area contributed by atoms with E-state index in [9.17, 15) is 9.59 Å². The number of nitrogens with one attached hydrogen (secondary N) is 1. The first-order valence-corrected chi connectivity index (χ1v) is 9.74. The number of benzene rings is 1. The Morgan fingerprint density at radius 3 is 2.21 bits per heavy atom. The zero-order chi connectivity index (χ0) is 20.3. The predicted molar refractivity (Wildman–Crippen MR) is 109 cm³/mol. The molecule has 6 heteroatoms. The van der Waals surface area contributed by atoms with E-state index in [-0.39, 0.29) is 23.3 Å². The van der Waals surface area contributed by atoms with Crippen LogP contribution in [0.1, 0.15) is 43.8 Å². The minimum absolute atomic E-state index is 0.0330. The predicted octanol–water partition coefficient (Wildman–Crippen LogP) is 3.36. The molecule has 0 saturated carbocycles. The molecule has 150 valence electrons. The molecule has 28 heavy (non-hydrogen) atoms. The molecular weight excluding hydrogens is 354 g/mol. The highest BCUT2D eigenvalue weighted by molar-refractivity contribution is 5.94. The van der Waals surface area contributed by atoms with E-state index in [2.05, 4.69) is 43.1 Å². The quantitative estimate of drug-likeness (QED) is 0.879. The van der Waals surface area contributed by atoms with Gasteiger partial charge in [0.2, 0.25) is 5.91 Å². The molecule has 1 aliphatic rings. The molecule has 0 spiro atoms. The Balaban J connectivity index is 1.52. The molecule has 1 atom stereocenters. The fraction of sp³-hybridized carbons (Fsp3) is 0.455. The van der Waals surface area contributed by atoms with E-state index in [0.29, 0.717) is 31.9 Å². The van der Waals surface area contributed by atoms with Crippen LogP contribution in [0, 0.1) is 0 Å². The lowest BCUT2D eigenvalue weighted by atomic mass is 9.87. The third-order valence-electron chi connectivity index (χ3n) is 5.28. The van der Waals surface area contributed by atoms with Crippen LogP contribution in [0.15, 0.2) is 47.1 Å². The third-order valence-corrected chi connectivity index (χ3v) is 5.28. The third kappa shape index (κ3) is 4.62. The molecular formula is C22H29N3O3. The number of hydrogen-bond acceptors (Lipinski definition) is 4. The molecule has 2 heterocycles. The van der Waals surface area contributed by atoms with Crippen LogP contribution in [0.4, 0.5) is 5.69 Å². The Morgan fingerprint density at radius 2 is 1.68 bits per heavy atom. The Hall–Kier alpha value is -2.60. The van der Waals surface area contributed by atoms with Crippen LogP contribution in [0.3, 0.4) is 0 Å². The van der Waals surface area contributed by atoms with Crippen LogP contribution in [0.25, 0.3) is 0 Å². The number of carbonyl (C=O) groups is 2. The molecule has 1 N–H and O–H groups in total. The van der Waals surface area contributed by atoms with Gasteiger partial charge in [0.25, 0.3) is 5.91 Å². The van der Waals surface area contributed by atoms with Gasteiger partial charge < -0.3 is 14.6 Å². The fourth-order valence-electron chi connectivity index (χ4n) is 3.33. The average molecular weight is 383 g/mol. The van der Waals surface area contributed by atoms with E-state index in [0.717, 1.165) is 5.69 Å². The fourth-order valence-corrected chi connectivity index (χ4v) is 3.33. The number of amides is 2. The van der Waals surface area contributed by atoms with E-state index >= 15 is 0 Å². The summed E-state index contributed by atoms with van der Waals surface area (Å²) in [5.74, 6) is 0.230. The van der Waals surface area contributed by atoms with Gasteiger partial charge in [-0.05, 0) is 42.2 Å². The van der Waals surface area contributed by atoms with E-state index in [1.165, 1.54) is 11.8 Å². The number of nitrogens with zero attached hydrogens (tertiary/aromatic N) is 2. The number of furan rings is 1. The van der Waals surface area contributed by atoms with Crippen molar-refractivity contribution < 1.29 is 14.0 Å². The lowest BCUT2D eigenvalue weighted by molar-refractivity contribution is -0.121. The molecule has 1 aromatic heterocycles. The molecule has 2 amide bonds. The van der Waals surface area contributed by atoms with E-state index in [1.54, 1.807) is 17.0 Å². The Kier molecular flexibility index (Phi) is 5.89. The maximum absolute atomic E-state index is 12.6. The van der Waals surface area contributed by atoms with Gasteiger partial charge in [-0.25, -0.2) is 0 Å². The zero-order valence-electron chi connectivity index (χ0n) is 17.1. The van der Waals surface area contributed by atoms with Gasteiger partial charge in [-0.15, -0.1) is 0 Å². The number of rotatable bonds is 4. The second-order valence-corrected chi connectivity index (χ2v) is 8.30. The molecule has 0 radical (unpaired) electrons. The second-order valence-electron chi connectivity index (χ2n) is 8.30. The first-order chi connectivity index (χ1) is 13.3. The zero-order valence-corrected chi connectivity index (χ0v) is 17.1. The highest BCUT2D eigenvalue weighted by Gasteiger charge is 2.28. The molecule has 6 nitrogen and oxygen atoms in total. The summed E-state index contributed by atoms with van der Waals surface area (Å²) >= 11 is 0. The summed E-state index contributed by atoms with van der Waals surface area (Å²) in [4.78, 5) is 28.9. The van der Waals surface area contributed by atoms with Crippen LogP contribution in [-0.4, -0.2) is 53.8 Å². The summed E-state index contributed by atoms with van der Waals surface area (Å²) < 4.78 is 5.19. The van der Waals surface area contributed by atoms with Crippen molar-refractivity contribution in [3.8, 4) is 0 Å². The molecule has 0 aliphatic carbocycles. The van der Waals surface area contributed by atoms with Gasteiger partial charge in [0.1, 0.15) is 0 Å². The van der Waals surface area contributed by atoms with Crippen molar-refractivity contribution in [1.82, 2.24) is 9.80 Å². The van der Waals surface area contributed by atoms with Crippen LogP contribution in [0.5, 0.6) is 0 Å². The molecule has 2 aromatic rings. The van der Waals surface area contributed by atoms with E-state index in [1.807, 2.05) is 19.1 Å². The normalized spacial score (nSPS) is 16.6. The van der Waals surface area contributed by atoms with Gasteiger partial charge >= 0.3 is 0 Å². The lowest BCUT2D eigenvalue weighted by Crippen LogP contribution is -2.54. The Morgan fingerprint density at radius 1 is 1.04 bits per heavy atom. The number of anilines is 1. The van der Waals surface area contributed by atoms with Crippen molar-refractivity contribution in [1.29, 1.82) is 0 Å². The largest absolute Gasteiger partial charge is 0.459 e. The van der Waals surface area contributed by atoms with Gasteiger partial charge in [-0.2, -0.15) is 0 Å². The van der Waals surface area contributed by atoms with Gasteiger partial charge in [0.15, 0.2) is 5.76 Å². The molecule has 1 unspecified atom stereocenters. The number of piperazine rings is 1. The van der Waals surface area contributed by atoms with Gasteiger partial charge in [-0.3, -0.25) is 14.5 Å². The maximum Gasteiger partial charge on any atom is 0.289 e. The van der Waals surface area contributed by atoms with Crippen LogP contribution >= 0.6 is 0 Å². The van der Waals surface area contributed by atoms with Crippen molar-refractivity contribution >= 4 is 17.5 Å². The summed E-state index contributed by atoms with van der Waals surface area (Å²) in [6.07, 6.45) is 1.50. The topological polar surface area (TPSA) is 65.8 Å². The smallest absolute Gasteiger partial charge is 0.289 e. The minimum atomic E-state index is -0.261. The average Bonchev–Trinajstić information content (AvgIpc) is 3.21. The molecule has 1 saturated heterocycles. The molecule has 1 aromatic carbocycles. The summed E-state index contributed by atoms with van der Waals surface area (Å²) in [6.45, 7) is 10.9. The van der Waals surface area contributed by atoms with Crippen molar-refractivity contribution in [2.45, 2.75) is 39.2 Å². The first kappa shape index (κ1) is 20.1.